The summed E-state index contributed by atoms with van der Waals surface area (Å²) in [4.78, 5) is 10.2. The van der Waals surface area contributed by atoms with E-state index in [1.165, 1.54) is 0 Å². The SMILES string of the molecule is Cn1ncc(C(F)(F)F)c1C(F)C(=O)O. The largest absolute Gasteiger partial charge is 0.479 e. The lowest BCUT2D eigenvalue weighted by Gasteiger charge is -2.09. The first kappa shape index (κ1) is 11.5. The van der Waals surface area contributed by atoms with Gasteiger partial charge in [-0.05, 0) is 0 Å². The van der Waals surface area contributed by atoms with Gasteiger partial charge in [-0.25, -0.2) is 9.18 Å². The summed E-state index contributed by atoms with van der Waals surface area (Å²) >= 11 is 0. The molecule has 1 aromatic rings. The van der Waals surface area contributed by atoms with Crippen molar-refractivity contribution < 1.29 is 27.5 Å². The van der Waals surface area contributed by atoms with Gasteiger partial charge in [0.2, 0.25) is 6.17 Å². The summed E-state index contributed by atoms with van der Waals surface area (Å²) in [5.74, 6) is -1.98. The zero-order valence-corrected chi connectivity index (χ0v) is 7.42. The molecule has 0 radical (unpaired) electrons. The van der Waals surface area contributed by atoms with Gasteiger partial charge in [-0.1, -0.05) is 0 Å². The number of aryl methyl sites for hydroxylation is 1. The maximum absolute atomic E-state index is 13.0. The number of alkyl halides is 4. The lowest BCUT2D eigenvalue weighted by Crippen LogP contribution is -2.16. The lowest BCUT2D eigenvalue weighted by molar-refractivity contribution is -0.145. The number of aromatic nitrogens is 2. The van der Waals surface area contributed by atoms with E-state index in [0.717, 1.165) is 7.05 Å². The van der Waals surface area contributed by atoms with Crippen molar-refractivity contribution >= 4 is 5.97 Å². The molecule has 1 atom stereocenters. The molecule has 0 aliphatic rings. The highest BCUT2D eigenvalue weighted by atomic mass is 19.4. The van der Waals surface area contributed by atoms with Crippen LogP contribution in [0.3, 0.4) is 0 Å². The van der Waals surface area contributed by atoms with Crippen molar-refractivity contribution in [3.63, 3.8) is 0 Å². The summed E-state index contributed by atoms with van der Waals surface area (Å²) in [6, 6.07) is 0. The van der Waals surface area contributed by atoms with Gasteiger partial charge >= 0.3 is 12.1 Å². The summed E-state index contributed by atoms with van der Waals surface area (Å²) in [5.41, 5.74) is -2.38. The van der Waals surface area contributed by atoms with E-state index in [9.17, 15) is 22.4 Å². The third-order valence-corrected chi connectivity index (χ3v) is 1.75. The van der Waals surface area contributed by atoms with Crippen LogP contribution in [0.15, 0.2) is 6.20 Å². The average Bonchev–Trinajstić information content (AvgIpc) is 2.44. The van der Waals surface area contributed by atoms with Crippen LogP contribution in [-0.2, 0) is 18.0 Å². The molecule has 1 N–H and O–H groups in total. The number of nitrogens with zero attached hydrogens (tertiary/aromatic N) is 2. The number of carboxylic acids is 1. The molecule has 0 fully saturated rings. The van der Waals surface area contributed by atoms with E-state index in [-0.39, 0.29) is 0 Å². The van der Waals surface area contributed by atoms with Gasteiger partial charge in [0.25, 0.3) is 0 Å². The Balaban J connectivity index is 3.27. The first-order valence-electron chi connectivity index (χ1n) is 3.71. The smallest absolute Gasteiger partial charge is 0.419 e. The van der Waals surface area contributed by atoms with Gasteiger partial charge in [-0.15, -0.1) is 0 Å². The molecule has 4 nitrogen and oxygen atoms in total. The van der Waals surface area contributed by atoms with Crippen molar-refractivity contribution in [3.8, 4) is 0 Å². The summed E-state index contributed by atoms with van der Waals surface area (Å²) < 4.78 is 50.4. The molecule has 0 amide bonds. The van der Waals surface area contributed by atoms with E-state index < -0.39 is 29.6 Å². The summed E-state index contributed by atoms with van der Waals surface area (Å²) in [6.45, 7) is 0. The minimum Gasteiger partial charge on any atom is -0.479 e. The van der Waals surface area contributed by atoms with Crippen molar-refractivity contribution in [2.75, 3.05) is 0 Å². The number of aliphatic carboxylic acids is 1. The van der Waals surface area contributed by atoms with Crippen molar-refractivity contribution in [3.05, 3.63) is 17.5 Å². The number of rotatable bonds is 2. The molecule has 15 heavy (non-hydrogen) atoms. The molecule has 0 bridgehead atoms. The molecule has 1 heterocycles. The van der Waals surface area contributed by atoms with Gasteiger partial charge < -0.3 is 5.11 Å². The van der Waals surface area contributed by atoms with Crippen LogP contribution < -0.4 is 0 Å². The normalized spacial score (nSPS) is 13.9. The van der Waals surface area contributed by atoms with Crippen LogP contribution in [0.25, 0.3) is 0 Å². The Bertz CT molecular complexity index is 385. The van der Waals surface area contributed by atoms with E-state index in [1.807, 2.05) is 0 Å². The van der Waals surface area contributed by atoms with Gasteiger partial charge in [0.1, 0.15) is 5.56 Å². The second-order valence-corrected chi connectivity index (χ2v) is 2.77. The molecule has 1 unspecified atom stereocenters. The number of carbonyl (C=O) groups is 1. The number of hydrogen-bond donors (Lipinski definition) is 1. The third-order valence-electron chi connectivity index (χ3n) is 1.75. The maximum Gasteiger partial charge on any atom is 0.419 e. The third kappa shape index (κ3) is 2.08. The highest BCUT2D eigenvalue weighted by Crippen LogP contribution is 2.35. The van der Waals surface area contributed by atoms with Crippen LogP contribution in [0, 0.1) is 0 Å². The predicted octanol–water partition coefficient (Wildman–Crippen LogP) is 1.53. The van der Waals surface area contributed by atoms with E-state index in [1.54, 1.807) is 0 Å². The molecule has 84 valence electrons. The van der Waals surface area contributed by atoms with Crippen molar-refractivity contribution in [2.45, 2.75) is 12.3 Å². The van der Waals surface area contributed by atoms with Gasteiger partial charge in [-0.2, -0.15) is 18.3 Å². The predicted molar refractivity (Wildman–Crippen MR) is 39.7 cm³/mol. The molecule has 0 spiro atoms. The van der Waals surface area contributed by atoms with Crippen LogP contribution in [0.2, 0.25) is 0 Å². The fraction of sp³-hybridized carbons (Fsp3) is 0.429. The molecule has 1 rings (SSSR count). The Kier molecular flexibility index (Phi) is 2.69. The number of halogens is 4. The Morgan fingerprint density at radius 2 is 2.13 bits per heavy atom. The Hall–Kier alpha value is -1.60. The highest BCUT2D eigenvalue weighted by molar-refractivity contribution is 5.74. The quantitative estimate of drug-likeness (QED) is 0.778. The fourth-order valence-electron chi connectivity index (χ4n) is 1.08. The van der Waals surface area contributed by atoms with E-state index >= 15 is 0 Å². The monoisotopic (exact) mass is 226 g/mol. The van der Waals surface area contributed by atoms with E-state index in [0.29, 0.717) is 10.9 Å². The average molecular weight is 226 g/mol. The van der Waals surface area contributed by atoms with E-state index in [4.69, 9.17) is 5.11 Å². The van der Waals surface area contributed by atoms with Crippen LogP contribution in [0.5, 0.6) is 0 Å². The number of carboxylic acid groups (broad SMARTS) is 1. The van der Waals surface area contributed by atoms with Crippen molar-refractivity contribution in [2.24, 2.45) is 7.05 Å². The number of hydrogen-bond acceptors (Lipinski definition) is 2. The first-order chi connectivity index (χ1) is 6.75. The molecule has 8 heteroatoms. The second-order valence-electron chi connectivity index (χ2n) is 2.77. The maximum atomic E-state index is 13.0. The van der Waals surface area contributed by atoms with Crippen LogP contribution in [0.4, 0.5) is 17.6 Å². The second kappa shape index (κ2) is 3.52. The molecule has 0 saturated heterocycles. The molecule has 0 aliphatic heterocycles. The first-order valence-corrected chi connectivity index (χ1v) is 3.71. The summed E-state index contributed by atoms with van der Waals surface area (Å²) in [7, 11) is 1.04. The van der Waals surface area contributed by atoms with Crippen LogP contribution in [0.1, 0.15) is 17.4 Å². The molecule has 0 aliphatic carbocycles. The fourth-order valence-corrected chi connectivity index (χ4v) is 1.08. The molecular weight excluding hydrogens is 220 g/mol. The standard InChI is InChI=1S/C7H6F4N2O2/c1-13-5(4(8)6(14)15)3(2-12-13)7(9,10)11/h2,4H,1H3,(H,14,15). The van der Waals surface area contributed by atoms with Crippen molar-refractivity contribution in [1.29, 1.82) is 0 Å². The minimum atomic E-state index is -4.82. The molecule has 0 aromatic carbocycles. The Morgan fingerprint density at radius 1 is 1.60 bits per heavy atom. The van der Waals surface area contributed by atoms with E-state index in [2.05, 4.69) is 5.10 Å². The lowest BCUT2D eigenvalue weighted by atomic mass is 10.1. The van der Waals surface area contributed by atoms with Crippen molar-refractivity contribution in [1.82, 2.24) is 9.78 Å². The Morgan fingerprint density at radius 3 is 2.53 bits per heavy atom. The molecule has 1 aromatic heterocycles. The van der Waals surface area contributed by atoms with Gasteiger partial charge in [0, 0.05) is 7.05 Å². The summed E-state index contributed by atoms with van der Waals surface area (Å²) in [5, 5.41) is 11.5. The van der Waals surface area contributed by atoms with Gasteiger partial charge in [0.15, 0.2) is 0 Å². The minimum absolute atomic E-state index is 0.394. The topological polar surface area (TPSA) is 55.1 Å². The van der Waals surface area contributed by atoms with Crippen LogP contribution >= 0.6 is 0 Å². The van der Waals surface area contributed by atoms with Gasteiger partial charge in [0.05, 0.1) is 11.9 Å². The zero-order chi connectivity index (χ0) is 11.8. The highest BCUT2D eigenvalue weighted by Gasteiger charge is 2.40. The zero-order valence-electron chi connectivity index (χ0n) is 7.42. The Labute approximate surface area is 81.1 Å². The van der Waals surface area contributed by atoms with Crippen LogP contribution in [-0.4, -0.2) is 20.9 Å². The molecule has 0 saturated carbocycles. The van der Waals surface area contributed by atoms with Gasteiger partial charge in [-0.3, -0.25) is 4.68 Å². The summed E-state index contributed by atoms with van der Waals surface area (Å²) in [6.07, 6.45) is -7.16. The molecular formula is C7H6F4N2O2.